The van der Waals surface area contributed by atoms with Crippen molar-refractivity contribution in [2.45, 2.75) is 72.4 Å². The average molecular weight is 442 g/mol. The number of hydrogen-bond acceptors (Lipinski definition) is 4. The van der Waals surface area contributed by atoms with Gasteiger partial charge in [-0.3, -0.25) is 0 Å². The van der Waals surface area contributed by atoms with Gasteiger partial charge in [0, 0.05) is 18.3 Å². The molecule has 3 rings (SSSR count). The summed E-state index contributed by atoms with van der Waals surface area (Å²) in [4.78, 5) is 30.9. The molecule has 1 aromatic heterocycles. The maximum absolute atomic E-state index is 13.5. The lowest BCUT2D eigenvalue weighted by Gasteiger charge is -2.35. The number of nitrogens with one attached hydrogen (secondary N) is 2. The second-order valence-electron chi connectivity index (χ2n) is 8.23. The first kappa shape index (κ1) is 23.7. The van der Waals surface area contributed by atoms with Gasteiger partial charge < -0.3 is 24.7 Å². The van der Waals surface area contributed by atoms with Crippen molar-refractivity contribution in [3.8, 4) is 5.75 Å². The van der Waals surface area contributed by atoms with Crippen LogP contribution in [-0.2, 0) is 11.3 Å². The number of aromatic nitrogens is 1. The van der Waals surface area contributed by atoms with Crippen LogP contribution in [0.5, 0.6) is 5.75 Å². The second kappa shape index (κ2) is 11.1. The predicted molar refractivity (Wildman–Crippen MR) is 125 cm³/mol. The number of ether oxygens (including phenoxy) is 2. The van der Waals surface area contributed by atoms with E-state index >= 15 is 0 Å². The third-order valence-electron chi connectivity index (χ3n) is 6.11. The maximum Gasteiger partial charge on any atom is 0.355 e. The highest BCUT2D eigenvalue weighted by Gasteiger charge is 2.29. The summed E-state index contributed by atoms with van der Waals surface area (Å²) >= 11 is 0. The number of H-pyrrole nitrogens is 1. The number of carbonyl (C=O) groups is 2. The van der Waals surface area contributed by atoms with Crippen LogP contribution in [0.3, 0.4) is 0 Å². The molecule has 2 amide bonds. The number of amides is 2. The molecule has 32 heavy (non-hydrogen) atoms. The van der Waals surface area contributed by atoms with Gasteiger partial charge in [0.15, 0.2) is 0 Å². The monoisotopic (exact) mass is 441 g/mol. The third kappa shape index (κ3) is 5.44. The Morgan fingerprint density at radius 2 is 1.81 bits per heavy atom. The molecule has 1 heterocycles. The van der Waals surface area contributed by atoms with Gasteiger partial charge in [-0.2, -0.15) is 0 Å². The van der Waals surface area contributed by atoms with Gasteiger partial charge in [-0.1, -0.05) is 31.4 Å². The van der Waals surface area contributed by atoms with Crippen LogP contribution in [0.15, 0.2) is 24.3 Å². The van der Waals surface area contributed by atoms with E-state index in [4.69, 9.17) is 9.47 Å². The number of hydrogen-bond donors (Lipinski definition) is 2. The van der Waals surface area contributed by atoms with E-state index in [0.717, 1.165) is 42.5 Å². The molecule has 0 atom stereocenters. The molecule has 1 fully saturated rings. The summed E-state index contributed by atoms with van der Waals surface area (Å²) in [5, 5.41) is 3.06. The Morgan fingerprint density at radius 1 is 1.09 bits per heavy atom. The number of urea groups is 1. The number of aryl methyl sites for hydroxylation is 1. The van der Waals surface area contributed by atoms with Crippen molar-refractivity contribution in [1.29, 1.82) is 0 Å². The summed E-state index contributed by atoms with van der Waals surface area (Å²) < 4.78 is 10.9. The van der Waals surface area contributed by atoms with Crippen LogP contribution in [0.25, 0.3) is 0 Å². The van der Waals surface area contributed by atoms with Crippen LogP contribution in [0, 0.1) is 13.8 Å². The highest BCUT2D eigenvalue weighted by atomic mass is 16.5. The minimum Gasteiger partial charge on any atom is -0.492 e. The molecular formula is C25H35N3O4. The zero-order valence-electron chi connectivity index (χ0n) is 19.6. The standard InChI is InChI=1S/C25H35N3O4/c1-5-31-22-15-11-10-14-21(22)27-25(30)28(19-12-8-7-9-13-19)16-20-17(3)23(26-18(20)4)24(29)32-6-2/h10-11,14-15,19,26H,5-9,12-13,16H2,1-4H3,(H,27,30). The highest BCUT2D eigenvalue weighted by molar-refractivity contribution is 5.92. The SMILES string of the molecule is CCOC(=O)c1[nH]c(C)c(CN(C(=O)Nc2ccccc2OCC)C2CCCCC2)c1C. The van der Waals surface area contributed by atoms with E-state index in [2.05, 4.69) is 10.3 Å². The summed E-state index contributed by atoms with van der Waals surface area (Å²) in [6, 6.07) is 7.49. The number of benzene rings is 1. The molecule has 0 saturated heterocycles. The summed E-state index contributed by atoms with van der Waals surface area (Å²) in [5.74, 6) is 0.296. The molecule has 0 unspecified atom stereocenters. The topological polar surface area (TPSA) is 83.7 Å². The highest BCUT2D eigenvalue weighted by Crippen LogP contribution is 2.29. The van der Waals surface area contributed by atoms with E-state index in [1.807, 2.05) is 49.9 Å². The zero-order chi connectivity index (χ0) is 23.1. The number of carbonyl (C=O) groups excluding carboxylic acids is 2. The van der Waals surface area contributed by atoms with Crippen molar-refractivity contribution >= 4 is 17.7 Å². The number of rotatable bonds is 8. The van der Waals surface area contributed by atoms with Gasteiger partial charge in [0.1, 0.15) is 11.4 Å². The van der Waals surface area contributed by atoms with E-state index in [1.54, 1.807) is 6.92 Å². The molecule has 1 aromatic carbocycles. The average Bonchev–Trinajstić information content (AvgIpc) is 3.07. The molecule has 7 heteroatoms. The number of nitrogens with zero attached hydrogens (tertiary/aromatic N) is 1. The minimum absolute atomic E-state index is 0.151. The van der Waals surface area contributed by atoms with Gasteiger partial charge in [-0.15, -0.1) is 0 Å². The number of anilines is 1. The van der Waals surface area contributed by atoms with Gasteiger partial charge in [0.25, 0.3) is 0 Å². The van der Waals surface area contributed by atoms with Crippen LogP contribution in [-0.4, -0.2) is 41.1 Å². The van der Waals surface area contributed by atoms with Gasteiger partial charge in [-0.25, -0.2) is 9.59 Å². The predicted octanol–water partition coefficient (Wildman–Crippen LogP) is 5.57. The molecule has 1 aliphatic carbocycles. The Balaban J connectivity index is 1.87. The number of esters is 1. The van der Waals surface area contributed by atoms with Crippen molar-refractivity contribution in [2.24, 2.45) is 0 Å². The summed E-state index contributed by atoms with van der Waals surface area (Å²) in [6.45, 7) is 8.84. The van der Waals surface area contributed by atoms with E-state index in [-0.39, 0.29) is 18.0 Å². The molecule has 0 bridgehead atoms. The van der Waals surface area contributed by atoms with Crippen molar-refractivity contribution in [3.05, 3.63) is 46.8 Å². The Kier molecular flexibility index (Phi) is 8.20. The van der Waals surface area contributed by atoms with Crippen LogP contribution >= 0.6 is 0 Å². The molecular weight excluding hydrogens is 406 g/mol. The lowest BCUT2D eigenvalue weighted by molar-refractivity contribution is 0.0519. The summed E-state index contributed by atoms with van der Waals surface area (Å²) in [5.41, 5.74) is 3.81. The van der Waals surface area contributed by atoms with Crippen molar-refractivity contribution in [2.75, 3.05) is 18.5 Å². The van der Waals surface area contributed by atoms with E-state index in [1.165, 1.54) is 6.42 Å². The maximum atomic E-state index is 13.5. The molecule has 2 N–H and O–H groups in total. The molecule has 0 spiro atoms. The van der Waals surface area contributed by atoms with E-state index < -0.39 is 0 Å². The second-order valence-corrected chi connectivity index (χ2v) is 8.23. The van der Waals surface area contributed by atoms with Crippen LogP contribution < -0.4 is 10.1 Å². The molecule has 0 radical (unpaired) electrons. The summed E-state index contributed by atoms with van der Waals surface area (Å²) in [7, 11) is 0. The molecule has 1 saturated carbocycles. The first-order valence-corrected chi connectivity index (χ1v) is 11.6. The first-order chi connectivity index (χ1) is 15.5. The Hall–Kier alpha value is -2.96. The fraction of sp³-hybridized carbons (Fsp3) is 0.520. The van der Waals surface area contributed by atoms with Gasteiger partial charge in [0.2, 0.25) is 0 Å². The van der Waals surface area contributed by atoms with Crippen LogP contribution in [0.2, 0.25) is 0 Å². The lowest BCUT2D eigenvalue weighted by atomic mass is 9.93. The zero-order valence-corrected chi connectivity index (χ0v) is 19.6. The Morgan fingerprint density at radius 3 is 2.50 bits per heavy atom. The summed E-state index contributed by atoms with van der Waals surface area (Å²) in [6.07, 6.45) is 5.39. The number of para-hydroxylation sites is 2. The first-order valence-electron chi connectivity index (χ1n) is 11.6. The van der Waals surface area contributed by atoms with E-state index in [0.29, 0.717) is 36.9 Å². The van der Waals surface area contributed by atoms with Crippen LogP contribution in [0.4, 0.5) is 10.5 Å². The largest absolute Gasteiger partial charge is 0.492 e. The molecule has 1 aliphatic rings. The Labute approximate surface area is 190 Å². The van der Waals surface area contributed by atoms with Gasteiger partial charge in [-0.05, 0) is 63.8 Å². The van der Waals surface area contributed by atoms with Crippen molar-refractivity contribution in [3.63, 3.8) is 0 Å². The fourth-order valence-electron chi connectivity index (χ4n) is 4.40. The molecule has 174 valence electrons. The van der Waals surface area contributed by atoms with Gasteiger partial charge in [0.05, 0.1) is 18.9 Å². The lowest BCUT2D eigenvalue weighted by Crippen LogP contribution is -2.43. The third-order valence-corrected chi connectivity index (χ3v) is 6.11. The fourth-order valence-corrected chi connectivity index (χ4v) is 4.40. The van der Waals surface area contributed by atoms with E-state index in [9.17, 15) is 9.59 Å². The minimum atomic E-state index is -0.362. The molecule has 0 aliphatic heterocycles. The Bertz CT molecular complexity index is 931. The van der Waals surface area contributed by atoms with Crippen molar-refractivity contribution in [1.82, 2.24) is 9.88 Å². The molecule has 7 nitrogen and oxygen atoms in total. The number of aromatic amines is 1. The van der Waals surface area contributed by atoms with Gasteiger partial charge >= 0.3 is 12.0 Å². The van der Waals surface area contributed by atoms with Crippen LogP contribution in [0.1, 0.15) is 73.3 Å². The molecule has 2 aromatic rings. The smallest absolute Gasteiger partial charge is 0.355 e. The normalized spacial score (nSPS) is 14.1. The quantitative estimate of drug-likeness (QED) is 0.524. The van der Waals surface area contributed by atoms with Crippen molar-refractivity contribution < 1.29 is 19.1 Å².